The van der Waals surface area contributed by atoms with E-state index >= 15 is 4.39 Å². The van der Waals surface area contributed by atoms with E-state index in [1.54, 1.807) is 35.8 Å². The number of anilines is 1. The molecule has 0 atom stereocenters. The molecule has 0 aliphatic heterocycles. The van der Waals surface area contributed by atoms with Crippen LogP contribution in [-0.2, 0) is 20.0 Å². The van der Waals surface area contributed by atoms with Crippen molar-refractivity contribution in [2.45, 2.75) is 71.1 Å². The number of esters is 1. The first-order valence-corrected chi connectivity index (χ1v) is 14.9. The Morgan fingerprint density at radius 1 is 0.977 bits per heavy atom. The first-order chi connectivity index (χ1) is 20.9. The molecule has 44 heavy (non-hydrogen) atoms. The number of hydrogen-bond donors (Lipinski definition) is 0. The van der Waals surface area contributed by atoms with Crippen LogP contribution < -0.4 is 9.64 Å². The van der Waals surface area contributed by atoms with Crippen LogP contribution in [0.3, 0.4) is 0 Å². The maximum Gasteiger partial charge on any atom is 0.349 e. The van der Waals surface area contributed by atoms with Gasteiger partial charge in [0.1, 0.15) is 17.2 Å². The van der Waals surface area contributed by atoms with Gasteiger partial charge in [-0.2, -0.15) is 0 Å². The highest BCUT2D eigenvalue weighted by atomic mass is 35.5. The molecule has 1 aliphatic carbocycles. The first kappa shape index (κ1) is 31.4. The second-order valence-corrected chi connectivity index (χ2v) is 11.8. The minimum absolute atomic E-state index is 0.0350. The van der Waals surface area contributed by atoms with Crippen molar-refractivity contribution in [2.24, 2.45) is 0 Å². The molecular formula is C33H33ClF3N3O4. The number of fused-ring (bicyclic) bond motifs is 1. The Bertz CT molecular complexity index is 1720. The van der Waals surface area contributed by atoms with Crippen LogP contribution in [0, 0.1) is 17.5 Å². The molecule has 3 aromatic carbocycles. The molecule has 1 aromatic heterocycles. The van der Waals surface area contributed by atoms with E-state index < -0.39 is 40.6 Å². The van der Waals surface area contributed by atoms with Crippen molar-refractivity contribution in [3.05, 3.63) is 77.1 Å². The number of halogens is 4. The van der Waals surface area contributed by atoms with Gasteiger partial charge in [-0.15, -0.1) is 0 Å². The summed E-state index contributed by atoms with van der Waals surface area (Å²) in [6.07, 6.45) is 3.03. The molecule has 7 nitrogen and oxygen atoms in total. The Kier molecular flexibility index (Phi) is 8.66. The van der Waals surface area contributed by atoms with Crippen molar-refractivity contribution < 1.29 is 32.2 Å². The van der Waals surface area contributed by atoms with Gasteiger partial charge in [0.2, 0.25) is 5.91 Å². The fourth-order valence-corrected chi connectivity index (χ4v) is 6.14. The molecule has 0 N–H and O–H groups in total. The molecule has 1 fully saturated rings. The molecule has 1 amide bonds. The third kappa shape index (κ3) is 5.75. The summed E-state index contributed by atoms with van der Waals surface area (Å²) in [6.45, 7) is 6.20. The molecular weight excluding hydrogens is 595 g/mol. The van der Waals surface area contributed by atoms with E-state index in [2.05, 4.69) is 0 Å². The molecule has 0 saturated heterocycles. The third-order valence-electron chi connectivity index (χ3n) is 7.90. The molecule has 0 spiro atoms. The lowest BCUT2D eigenvalue weighted by molar-refractivity contribution is -0.158. The second kappa shape index (κ2) is 12.1. The number of ether oxygens (including phenoxy) is 2. The van der Waals surface area contributed by atoms with Crippen LogP contribution in [0.2, 0.25) is 5.02 Å². The standard InChI is InChI=1S/C33H33ClF3N3O4/c1-5-43-31(42)32(3,4)44-23-13-14-28(26(37)17-23)39(20(2)41)33(15-7-6-8-16-33)40-29-19-25(36)24(35)18-27(29)38-30(40)21-9-11-22(34)12-10-21/h9-14,17-19H,5-8,15-16H2,1-4H3. The number of imidazole rings is 1. The molecule has 0 bridgehead atoms. The fraction of sp³-hybridized carbons (Fsp3) is 0.364. The van der Waals surface area contributed by atoms with E-state index in [9.17, 15) is 18.4 Å². The lowest BCUT2D eigenvalue weighted by Gasteiger charge is -2.48. The van der Waals surface area contributed by atoms with E-state index in [1.807, 2.05) is 0 Å². The quantitative estimate of drug-likeness (QED) is 0.184. The summed E-state index contributed by atoms with van der Waals surface area (Å²) >= 11 is 6.15. The smallest absolute Gasteiger partial charge is 0.349 e. The van der Waals surface area contributed by atoms with Crippen molar-refractivity contribution in [3.63, 3.8) is 0 Å². The molecule has 232 valence electrons. The second-order valence-electron chi connectivity index (χ2n) is 11.4. The molecule has 4 aromatic rings. The minimum atomic E-state index is -1.39. The maximum absolute atomic E-state index is 16.1. The van der Waals surface area contributed by atoms with Crippen LogP contribution in [-0.4, -0.2) is 33.6 Å². The molecule has 5 rings (SSSR count). The maximum atomic E-state index is 16.1. The zero-order valence-electron chi connectivity index (χ0n) is 24.9. The summed E-state index contributed by atoms with van der Waals surface area (Å²) in [5, 5.41) is 0.488. The Balaban J connectivity index is 1.71. The number of carbonyl (C=O) groups excluding carboxylic acids is 2. The summed E-state index contributed by atoms with van der Waals surface area (Å²) in [5.74, 6) is -3.54. The highest BCUT2D eigenvalue weighted by Gasteiger charge is 2.46. The topological polar surface area (TPSA) is 73.7 Å². The van der Waals surface area contributed by atoms with Crippen LogP contribution in [0.1, 0.15) is 59.8 Å². The monoisotopic (exact) mass is 627 g/mol. The van der Waals surface area contributed by atoms with Gasteiger partial charge >= 0.3 is 5.97 Å². The van der Waals surface area contributed by atoms with Gasteiger partial charge in [0, 0.05) is 35.7 Å². The minimum Gasteiger partial charge on any atom is -0.476 e. The number of nitrogens with zero attached hydrogens (tertiary/aromatic N) is 3. The third-order valence-corrected chi connectivity index (χ3v) is 8.15. The summed E-state index contributed by atoms with van der Waals surface area (Å²) in [5.41, 5.74) is -1.60. The highest BCUT2D eigenvalue weighted by Crippen LogP contribution is 2.46. The van der Waals surface area contributed by atoms with Crippen LogP contribution in [0.5, 0.6) is 5.75 Å². The molecule has 0 radical (unpaired) electrons. The van der Waals surface area contributed by atoms with Gasteiger partial charge in [0.05, 0.1) is 23.3 Å². The zero-order chi connectivity index (χ0) is 31.8. The Morgan fingerprint density at radius 2 is 1.64 bits per heavy atom. The van der Waals surface area contributed by atoms with Gasteiger partial charge in [-0.05, 0) is 82.9 Å². The lowest BCUT2D eigenvalue weighted by atomic mass is 9.85. The normalized spacial score (nSPS) is 14.8. The van der Waals surface area contributed by atoms with Gasteiger partial charge in [-0.1, -0.05) is 18.0 Å². The van der Waals surface area contributed by atoms with Crippen LogP contribution in [0.4, 0.5) is 18.9 Å². The number of rotatable bonds is 8. The predicted octanol–water partition coefficient (Wildman–Crippen LogP) is 8.16. The summed E-state index contributed by atoms with van der Waals surface area (Å²) in [4.78, 5) is 32.0. The predicted molar refractivity (Wildman–Crippen MR) is 162 cm³/mol. The van der Waals surface area contributed by atoms with Crippen molar-refractivity contribution in [1.29, 1.82) is 0 Å². The average Bonchev–Trinajstić information content (AvgIpc) is 3.33. The molecule has 1 heterocycles. The molecule has 1 aliphatic rings. The van der Waals surface area contributed by atoms with Gasteiger partial charge in [0.15, 0.2) is 23.1 Å². The average molecular weight is 628 g/mol. The van der Waals surface area contributed by atoms with Crippen molar-refractivity contribution in [3.8, 4) is 17.1 Å². The van der Waals surface area contributed by atoms with E-state index in [-0.39, 0.29) is 29.1 Å². The number of carbonyl (C=O) groups is 2. The molecule has 1 saturated carbocycles. The van der Waals surface area contributed by atoms with Gasteiger partial charge in [-0.25, -0.2) is 22.9 Å². The molecule has 11 heteroatoms. The number of hydrogen-bond acceptors (Lipinski definition) is 5. The lowest BCUT2D eigenvalue weighted by Crippen LogP contribution is -2.55. The number of amides is 1. The van der Waals surface area contributed by atoms with E-state index in [0.29, 0.717) is 42.1 Å². The summed E-state index contributed by atoms with van der Waals surface area (Å²) in [6, 6.07) is 12.9. The SMILES string of the molecule is CCOC(=O)C(C)(C)Oc1ccc(N(C(C)=O)C2(n3c(-c4ccc(Cl)cc4)nc4cc(F)c(F)cc43)CCCCC2)c(F)c1. The summed E-state index contributed by atoms with van der Waals surface area (Å²) < 4.78 is 57.9. The van der Waals surface area contributed by atoms with Crippen LogP contribution >= 0.6 is 11.6 Å². The van der Waals surface area contributed by atoms with E-state index in [4.69, 9.17) is 26.1 Å². The Labute approximate surface area is 258 Å². The Morgan fingerprint density at radius 3 is 2.25 bits per heavy atom. The Hall–Kier alpha value is -4.05. The highest BCUT2D eigenvalue weighted by molar-refractivity contribution is 6.30. The van der Waals surface area contributed by atoms with E-state index in [1.165, 1.54) is 37.8 Å². The van der Waals surface area contributed by atoms with E-state index in [0.717, 1.165) is 24.6 Å². The van der Waals surface area contributed by atoms with Crippen molar-refractivity contribution in [2.75, 3.05) is 11.5 Å². The number of benzene rings is 3. The zero-order valence-corrected chi connectivity index (χ0v) is 25.7. The largest absolute Gasteiger partial charge is 0.476 e. The first-order valence-electron chi connectivity index (χ1n) is 14.5. The van der Waals surface area contributed by atoms with Crippen LogP contribution in [0.25, 0.3) is 22.4 Å². The van der Waals surface area contributed by atoms with Crippen molar-refractivity contribution >= 4 is 40.2 Å². The van der Waals surface area contributed by atoms with Gasteiger partial charge in [0.25, 0.3) is 0 Å². The number of aromatic nitrogens is 2. The van der Waals surface area contributed by atoms with Crippen molar-refractivity contribution in [1.82, 2.24) is 9.55 Å². The van der Waals surface area contributed by atoms with Gasteiger partial charge < -0.3 is 9.47 Å². The fourth-order valence-electron chi connectivity index (χ4n) is 6.01. The summed E-state index contributed by atoms with van der Waals surface area (Å²) in [7, 11) is 0. The van der Waals surface area contributed by atoms with Gasteiger partial charge in [-0.3, -0.25) is 14.3 Å². The van der Waals surface area contributed by atoms with Crippen LogP contribution in [0.15, 0.2) is 54.6 Å². The molecule has 0 unspecified atom stereocenters.